The van der Waals surface area contributed by atoms with Gasteiger partial charge in [0.1, 0.15) is 0 Å². The van der Waals surface area contributed by atoms with Crippen LogP contribution < -0.4 is 5.32 Å². The average Bonchev–Trinajstić information content (AvgIpc) is 2.42. The van der Waals surface area contributed by atoms with Crippen LogP contribution in [0, 0.1) is 0 Å². The molecule has 116 valence electrons. The third kappa shape index (κ3) is 14.5. The van der Waals surface area contributed by atoms with Crippen molar-refractivity contribution in [3.63, 3.8) is 0 Å². The molecule has 0 fully saturated rings. The normalized spacial score (nSPS) is 12.8. The molecular formula is C17H37NS. The van der Waals surface area contributed by atoms with Crippen molar-refractivity contribution in [3.05, 3.63) is 0 Å². The van der Waals surface area contributed by atoms with E-state index >= 15 is 0 Å². The summed E-state index contributed by atoms with van der Waals surface area (Å²) in [4.78, 5) is 0. The van der Waals surface area contributed by atoms with Gasteiger partial charge < -0.3 is 5.32 Å². The van der Waals surface area contributed by atoms with E-state index in [4.69, 9.17) is 0 Å². The van der Waals surface area contributed by atoms with E-state index in [0.29, 0.717) is 0 Å². The Morgan fingerprint density at radius 1 is 0.789 bits per heavy atom. The van der Waals surface area contributed by atoms with Gasteiger partial charge in [-0.1, -0.05) is 72.1 Å². The van der Waals surface area contributed by atoms with Gasteiger partial charge in [0.05, 0.1) is 0 Å². The Bertz CT molecular complexity index is 161. The van der Waals surface area contributed by atoms with Crippen molar-refractivity contribution >= 4 is 11.8 Å². The first kappa shape index (κ1) is 19.3. The number of unbranched alkanes of at least 4 members (excludes halogenated alkanes) is 7. The molecule has 19 heavy (non-hydrogen) atoms. The van der Waals surface area contributed by atoms with E-state index in [-0.39, 0.29) is 0 Å². The van der Waals surface area contributed by atoms with Crippen molar-refractivity contribution in [3.8, 4) is 0 Å². The molecule has 0 bridgehead atoms. The van der Waals surface area contributed by atoms with E-state index in [2.05, 4.69) is 37.8 Å². The summed E-state index contributed by atoms with van der Waals surface area (Å²) >= 11 is 2.12. The molecule has 0 aromatic carbocycles. The highest BCUT2D eigenvalue weighted by molar-refractivity contribution is 7.99. The molecule has 0 aliphatic rings. The monoisotopic (exact) mass is 287 g/mol. The molecule has 0 aliphatic heterocycles. The van der Waals surface area contributed by atoms with Gasteiger partial charge in [0.25, 0.3) is 0 Å². The van der Waals surface area contributed by atoms with Crippen molar-refractivity contribution in [1.29, 1.82) is 0 Å². The molecule has 2 heteroatoms. The topological polar surface area (TPSA) is 12.0 Å². The standard InChI is InChI=1S/C17H37NS/c1-4-7-8-9-10-11-12-13-14-17(18-6-3)16-19-15-5-2/h17-18H,4-16H2,1-3H3. The van der Waals surface area contributed by atoms with Crippen molar-refractivity contribution in [2.75, 3.05) is 18.1 Å². The molecular weight excluding hydrogens is 250 g/mol. The lowest BCUT2D eigenvalue weighted by atomic mass is 10.1. The van der Waals surface area contributed by atoms with Crippen LogP contribution in [0.1, 0.15) is 85.0 Å². The Morgan fingerprint density at radius 3 is 2.00 bits per heavy atom. The summed E-state index contributed by atoms with van der Waals surface area (Å²) in [6.45, 7) is 7.91. The third-order valence-electron chi connectivity index (χ3n) is 3.57. The molecule has 0 rings (SSSR count). The van der Waals surface area contributed by atoms with Crippen LogP contribution in [0.25, 0.3) is 0 Å². The Hall–Kier alpha value is 0.310. The second-order valence-electron chi connectivity index (χ2n) is 5.59. The largest absolute Gasteiger partial charge is 0.313 e. The van der Waals surface area contributed by atoms with E-state index in [1.807, 2.05) is 0 Å². The first-order valence-corrected chi connectivity index (χ1v) is 9.81. The first-order valence-electron chi connectivity index (χ1n) is 8.66. The quantitative estimate of drug-likeness (QED) is 0.391. The fraction of sp³-hybridized carbons (Fsp3) is 1.00. The highest BCUT2D eigenvalue weighted by Crippen LogP contribution is 2.13. The molecule has 1 unspecified atom stereocenters. The van der Waals surface area contributed by atoms with Gasteiger partial charge in [-0.15, -0.1) is 0 Å². The van der Waals surface area contributed by atoms with Crippen LogP contribution >= 0.6 is 11.8 Å². The van der Waals surface area contributed by atoms with Crippen molar-refractivity contribution in [2.24, 2.45) is 0 Å². The highest BCUT2D eigenvalue weighted by atomic mass is 32.2. The van der Waals surface area contributed by atoms with Crippen LogP contribution in [0.3, 0.4) is 0 Å². The van der Waals surface area contributed by atoms with Gasteiger partial charge in [-0.25, -0.2) is 0 Å². The zero-order valence-corrected chi connectivity index (χ0v) is 14.5. The lowest BCUT2D eigenvalue weighted by Gasteiger charge is -2.17. The predicted molar refractivity (Wildman–Crippen MR) is 92.3 cm³/mol. The van der Waals surface area contributed by atoms with Crippen LogP contribution in [0.4, 0.5) is 0 Å². The van der Waals surface area contributed by atoms with Gasteiger partial charge >= 0.3 is 0 Å². The van der Waals surface area contributed by atoms with Crippen molar-refractivity contribution in [2.45, 2.75) is 91.0 Å². The molecule has 0 aromatic rings. The molecule has 0 amide bonds. The maximum atomic E-state index is 3.64. The van der Waals surface area contributed by atoms with Gasteiger partial charge in [0.15, 0.2) is 0 Å². The summed E-state index contributed by atoms with van der Waals surface area (Å²) in [5.41, 5.74) is 0. The van der Waals surface area contributed by atoms with Crippen LogP contribution in [0.15, 0.2) is 0 Å². The lowest BCUT2D eigenvalue weighted by molar-refractivity contribution is 0.491. The van der Waals surface area contributed by atoms with Gasteiger partial charge in [0, 0.05) is 11.8 Å². The molecule has 1 nitrogen and oxygen atoms in total. The van der Waals surface area contributed by atoms with Crippen LogP contribution in [-0.4, -0.2) is 24.1 Å². The van der Waals surface area contributed by atoms with Crippen LogP contribution in [0.2, 0.25) is 0 Å². The maximum Gasteiger partial charge on any atom is 0.0158 e. The summed E-state index contributed by atoms with van der Waals surface area (Å²) in [6, 6.07) is 0.752. The van der Waals surface area contributed by atoms with Crippen LogP contribution in [-0.2, 0) is 0 Å². The maximum absolute atomic E-state index is 3.64. The number of thioether (sulfide) groups is 1. The van der Waals surface area contributed by atoms with E-state index in [9.17, 15) is 0 Å². The summed E-state index contributed by atoms with van der Waals surface area (Å²) in [5, 5.41) is 3.64. The second-order valence-corrected chi connectivity index (χ2v) is 6.74. The van der Waals surface area contributed by atoms with Gasteiger partial charge in [-0.2, -0.15) is 11.8 Å². The highest BCUT2D eigenvalue weighted by Gasteiger charge is 2.06. The molecule has 0 saturated carbocycles. The minimum absolute atomic E-state index is 0.752. The fourth-order valence-electron chi connectivity index (χ4n) is 2.43. The zero-order chi connectivity index (χ0) is 14.2. The van der Waals surface area contributed by atoms with E-state index in [0.717, 1.165) is 12.6 Å². The van der Waals surface area contributed by atoms with Crippen LogP contribution in [0.5, 0.6) is 0 Å². The Kier molecular flexibility index (Phi) is 16.6. The molecule has 0 spiro atoms. The summed E-state index contributed by atoms with van der Waals surface area (Å²) in [5.74, 6) is 2.62. The Balaban J connectivity index is 3.36. The number of nitrogens with one attached hydrogen (secondary N) is 1. The SMILES string of the molecule is CCCCCCCCCCC(CSCCC)NCC. The van der Waals surface area contributed by atoms with Gasteiger partial charge in [-0.3, -0.25) is 0 Å². The molecule has 0 aliphatic carbocycles. The average molecular weight is 288 g/mol. The number of rotatable bonds is 15. The predicted octanol–water partition coefficient (Wildman–Crippen LogP) is 5.64. The van der Waals surface area contributed by atoms with Crippen molar-refractivity contribution in [1.82, 2.24) is 5.32 Å². The van der Waals surface area contributed by atoms with Crippen molar-refractivity contribution < 1.29 is 0 Å². The minimum atomic E-state index is 0.752. The zero-order valence-electron chi connectivity index (χ0n) is 13.7. The fourth-order valence-corrected chi connectivity index (χ4v) is 3.45. The molecule has 1 N–H and O–H groups in total. The number of hydrogen-bond donors (Lipinski definition) is 1. The molecule has 0 radical (unpaired) electrons. The van der Waals surface area contributed by atoms with Gasteiger partial charge in [-0.05, 0) is 25.1 Å². The van der Waals surface area contributed by atoms with Gasteiger partial charge in [0.2, 0.25) is 0 Å². The summed E-state index contributed by atoms with van der Waals surface area (Å²) < 4.78 is 0. The lowest BCUT2D eigenvalue weighted by Crippen LogP contribution is -2.31. The summed E-state index contributed by atoms with van der Waals surface area (Å²) in [7, 11) is 0. The first-order chi connectivity index (χ1) is 9.35. The van der Waals surface area contributed by atoms with E-state index in [1.165, 1.54) is 75.7 Å². The Labute approximate surface area is 126 Å². The third-order valence-corrected chi connectivity index (χ3v) is 4.90. The van der Waals surface area contributed by atoms with E-state index < -0.39 is 0 Å². The smallest absolute Gasteiger partial charge is 0.0158 e. The summed E-state index contributed by atoms with van der Waals surface area (Å²) in [6.07, 6.45) is 14.1. The minimum Gasteiger partial charge on any atom is -0.313 e. The molecule has 0 aromatic heterocycles. The number of hydrogen-bond acceptors (Lipinski definition) is 2. The molecule has 0 heterocycles. The second kappa shape index (κ2) is 16.4. The molecule has 1 atom stereocenters. The Morgan fingerprint density at radius 2 is 1.42 bits per heavy atom. The molecule has 0 saturated heterocycles. The van der Waals surface area contributed by atoms with E-state index in [1.54, 1.807) is 0 Å².